The van der Waals surface area contributed by atoms with Crippen LogP contribution in [0.15, 0.2) is 30.7 Å². The first-order valence-electron chi connectivity index (χ1n) is 9.95. The Labute approximate surface area is 161 Å². The molecular formula is C21H29N5O. The van der Waals surface area contributed by atoms with Crippen molar-refractivity contribution in [2.24, 2.45) is 12.5 Å². The van der Waals surface area contributed by atoms with Crippen molar-refractivity contribution in [2.75, 3.05) is 19.6 Å². The van der Waals surface area contributed by atoms with Crippen molar-refractivity contribution < 1.29 is 4.79 Å². The van der Waals surface area contributed by atoms with Crippen molar-refractivity contribution in [1.29, 1.82) is 0 Å². The maximum atomic E-state index is 13.3. The van der Waals surface area contributed by atoms with E-state index in [1.54, 1.807) is 0 Å². The summed E-state index contributed by atoms with van der Waals surface area (Å²) in [6.07, 6.45) is 7.83. The van der Waals surface area contributed by atoms with Crippen LogP contribution in [0.3, 0.4) is 0 Å². The zero-order valence-corrected chi connectivity index (χ0v) is 16.4. The Bertz CT molecular complexity index is 816. The number of likely N-dealkylation sites (tertiary alicyclic amines) is 2. The third-order valence-electron chi connectivity index (χ3n) is 6.24. The lowest BCUT2D eigenvalue weighted by Crippen LogP contribution is -2.35. The number of carbonyl (C=O) groups excluding carboxylic acids is 1. The van der Waals surface area contributed by atoms with Gasteiger partial charge in [0.2, 0.25) is 5.91 Å². The van der Waals surface area contributed by atoms with Crippen LogP contribution in [0.1, 0.15) is 42.8 Å². The van der Waals surface area contributed by atoms with Crippen LogP contribution in [0.5, 0.6) is 0 Å². The number of nitrogens with zero attached hydrogens (tertiary/aromatic N) is 5. The van der Waals surface area contributed by atoms with E-state index in [0.29, 0.717) is 12.5 Å². The predicted octanol–water partition coefficient (Wildman–Crippen LogP) is 2.53. The molecule has 2 aliphatic rings. The second-order valence-electron chi connectivity index (χ2n) is 8.15. The highest BCUT2D eigenvalue weighted by Crippen LogP contribution is 2.42. The minimum absolute atomic E-state index is 0.162. The van der Waals surface area contributed by atoms with Crippen LogP contribution < -0.4 is 0 Å². The van der Waals surface area contributed by atoms with Gasteiger partial charge in [0.1, 0.15) is 0 Å². The van der Waals surface area contributed by atoms with Gasteiger partial charge in [-0.25, -0.2) is 4.98 Å². The monoisotopic (exact) mass is 367 g/mol. The second kappa shape index (κ2) is 7.43. The number of aromatic nitrogens is 3. The highest BCUT2D eigenvalue weighted by atomic mass is 16.2. The van der Waals surface area contributed by atoms with Gasteiger partial charge in [-0.05, 0) is 57.8 Å². The van der Waals surface area contributed by atoms with Crippen molar-refractivity contribution in [1.82, 2.24) is 24.3 Å². The summed E-state index contributed by atoms with van der Waals surface area (Å²) >= 11 is 0. The molecule has 6 heteroatoms. The van der Waals surface area contributed by atoms with E-state index in [9.17, 15) is 4.79 Å². The van der Waals surface area contributed by atoms with Crippen molar-refractivity contribution in [2.45, 2.75) is 45.7 Å². The zero-order chi connectivity index (χ0) is 18.9. The molecule has 0 aliphatic carbocycles. The Morgan fingerprint density at radius 3 is 2.74 bits per heavy atom. The number of hydrogen-bond acceptors (Lipinski definition) is 4. The van der Waals surface area contributed by atoms with Crippen molar-refractivity contribution in [3.05, 3.63) is 47.8 Å². The molecule has 0 unspecified atom stereocenters. The molecule has 4 heterocycles. The zero-order valence-electron chi connectivity index (χ0n) is 16.4. The fourth-order valence-corrected chi connectivity index (χ4v) is 4.56. The number of pyridine rings is 1. The first-order valence-corrected chi connectivity index (χ1v) is 9.95. The van der Waals surface area contributed by atoms with Crippen LogP contribution in [0, 0.1) is 12.3 Å². The van der Waals surface area contributed by atoms with Gasteiger partial charge < -0.3 is 9.47 Å². The van der Waals surface area contributed by atoms with Crippen LogP contribution in [0.4, 0.5) is 0 Å². The maximum absolute atomic E-state index is 13.3. The largest absolute Gasteiger partial charge is 0.337 e. The molecule has 0 bridgehead atoms. The van der Waals surface area contributed by atoms with Gasteiger partial charge in [0, 0.05) is 32.0 Å². The van der Waals surface area contributed by atoms with E-state index in [4.69, 9.17) is 0 Å². The molecule has 0 radical (unpaired) electrons. The third kappa shape index (κ3) is 3.76. The van der Waals surface area contributed by atoms with Crippen molar-refractivity contribution >= 4 is 5.91 Å². The SMILES string of the molecule is Cc1cccc(CN2CC[C@]3(CCCN(Cc4cncn4C)CC3)C2=O)n1. The number of carbonyl (C=O) groups is 1. The maximum Gasteiger partial charge on any atom is 0.229 e. The molecule has 144 valence electrons. The van der Waals surface area contributed by atoms with E-state index in [1.807, 2.05) is 49.6 Å². The number of hydrogen-bond donors (Lipinski definition) is 0. The van der Waals surface area contributed by atoms with Crippen molar-refractivity contribution in [3.8, 4) is 0 Å². The topological polar surface area (TPSA) is 54.3 Å². The van der Waals surface area contributed by atoms with E-state index in [-0.39, 0.29) is 5.41 Å². The van der Waals surface area contributed by atoms with Gasteiger partial charge in [0.15, 0.2) is 0 Å². The lowest BCUT2D eigenvalue weighted by molar-refractivity contribution is -0.137. The fourth-order valence-electron chi connectivity index (χ4n) is 4.56. The first-order chi connectivity index (χ1) is 13.1. The summed E-state index contributed by atoms with van der Waals surface area (Å²) in [5, 5.41) is 0. The summed E-state index contributed by atoms with van der Waals surface area (Å²) in [5.74, 6) is 0.341. The number of amides is 1. The minimum atomic E-state index is -0.162. The van der Waals surface area contributed by atoms with Crippen LogP contribution in [-0.4, -0.2) is 49.9 Å². The van der Waals surface area contributed by atoms with Crippen molar-refractivity contribution in [3.63, 3.8) is 0 Å². The standard InChI is InChI=1S/C21H29N5O/c1-17-5-3-6-18(23-17)14-26-12-9-21(20(26)27)7-4-10-25(11-8-21)15-19-13-22-16-24(19)2/h3,5-6,13,16H,4,7-12,14-15H2,1-2H3/t21-/m1/s1. The molecule has 0 N–H and O–H groups in total. The van der Waals surface area contributed by atoms with Gasteiger partial charge in [-0.1, -0.05) is 6.07 Å². The van der Waals surface area contributed by atoms with E-state index in [0.717, 1.165) is 63.3 Å². The molecular weight excluding hydrogens is 338 g/mol. The number of imidazole rings is 1. The summed E-state index contributed by atoms with van der Waals surface area (Å²) in [5.41, 5.74) is 3.07. The predicted molar refractivity (Wildman–Crippen MR) is 104 cm³/mol. The Morgan fingerprint density at radius 2 is 1.96 bits per heavy atom. The molecule has 0 saturated carbocycles. The molecule has 2 saturated heterocycles. The fraction of sp³-hybridized carbons (Fsp3) is 0.571. The molecule has 1 amide bonds. The molecule has 2 aromatic heterocycles. The lowest BCUT2D eigenvalue weighted by atomic mass is 9.79. The van der Waals surface area contributed by atoms with E-state index < -0.39 is 0 Å². The lowest BCUT2D eigenvalue weighted by Gasteiger charge is -2.26. The summed E-state index contributed by atoms with van der Waals surface area (Å²) < 4.78 is 2.08. The first kappa shape index (κ1) is 18.2. The summed E-state index contributed by atoms with van der Waals surface area (Å²) in [4.78, 5) is 26.6. The molecule has 2 fully saturated rings. The number of aryl methyl sites for hydroxylation is 2. The smallest absolute Gasteiger partial charge is 0.229 e. The highest BCUT2D eigenvalue weighted by molar-refractivity contribution is 5.84. The Morgan fingerprint density at radius 1 is 1.11 bits per heavy atom. The molecule has 1 spiro atoms. The van der Waals surface area contributed by atoms with Gasteiger partial charge in [-0.3, -0.25) is 14.7 Å². The highest BCUT2D eigenvalue weighted by Gasteiger charge is 2.46. The normalized spacial score (nSPS) is 23.9. The van der Waals surface area contributed by atoms with Crippen LogP contribution in [0.25, 0.3) is 0 Å². The average molecular weight is 367 g/mol. The van der Waals surface area contributed by atoms with Gasteiger partial charge in [0.25, 0.3) is 0 Å². The Balaban J connectivity index is 1.40. The third-order valence-corrected chi connectivity index (χ3v) is 6.24. The van der Waals surface area contributed by atoms with Crippen LogP contribution in [-0.2, 0) is 24.9 Å². The molecule has 27 heavy (non-hydrogen) atoms. The number of rotatable bonds is 4. The minimum Gasteiger partial charge on any atom is -0.337 e. The second-order valence-corrected chi connectivity index (χ2v) is 8.15. The van der Waals surface area contributed by atoms with Gasteiger partial charge in [0.05, 0.1) is 29.7 Å². The van der Waals surface area contributed by atoms with E-state index >= 15 is 0 Å². The quantitative estimate of drug-likeness (QED) is 0.833. The Hall–Kier alpha value is -2.21. The molecule has 2 aliphatic heterocycles. The summed E-state index contributed by atoms with van der Waals surface area (Å²) in [6.45, 7) is 6.45. The van der Waals surface area contributed by atoms with E-state index in [2.05, 4.69) is 19.4 Å². The van der Waals surface area contributed by atoms with Gasteiger partial charge in [-0.2, -0.15) is 0 Å². The van der Waals surface area contributed by atoms with Crippen LogP contribution in [0.2, 0.25) is 0 Å². The molecule has 6 nitrogen and oxygen atoms in total. The van der Waals surface area contributed by atoms with Gasteiger partial charge >= 0.3 is 0 Å². The van der Waals surface area contributed by atoms with Gasteiger partial charge in [-0.15, -0.1) is 0 Å². The summed E-state index contributed by atoms with van der Waals surface area (Å²) in [7, 11) is 2.04. The molecule has 2 aromatic rings. The Kier molecular flexibility index (Phi) is 5.00. The molecule has 4 rings (SSSR count). The molecule has 1 atom stereocenters. The average Bonchev–Trinajstić information content (AvgIpc) is 3.09. The molecule has 0 aromatic carbocycles. The summed E-state index contributed by atoms with van der Waals surface area (Å²) in [6, 6.07) is 6.04. The van der Waals surface area contributed by atoms with Crippen LogP contribution >= 0.6 is 0 Å². The van der Waals surface area contributed by atoms with E-state index in [1.165, 1.54) is 5.69 Å².